The van der Waals surface area contributed by atoms with Crippen molar-refractivity contribution in [1.29, 1.82) is 0 Å². The fraction of sp³-hybridized carbons (Fsp3) is 0.292. The summed E-state index contributed by atoms with van der Waals surface area (Å²) in [6.07, 6.45) is 6.84. The Morgan fingerprint density at radius 3 is 2.64 bits per heavy atom. The highest BCUT2D eigenvalue weighted by molar-refractivity contribution is 9.10. The fourth-order valence-electron chi connectivity index (χ4n) is 3.07. The van der Waals surface area contributed by atoms with E-state index in [9.17, 15) is 4.79 Å². The van der Waals surface area contributed by atoms with Crippen molar-refractivity contribution < 1.29 is 9.47 Å². The number of fused-ring (bicyclic) bond motifs is 1. The van der Waals surface area contributed by atoms with E-state index in [2.05, 4.69) is 42.9 Å². The quantitative estimate of drug-likeness (QED) is 0.253. The maximum Gasteiger partial charge on any atom is 0.282 e. The van der Waals surface area contributed by atoms with Gasteiger partial charge in [0.2, 0.25) is 0 Å². The number of rotatable bonds is 6. The molecule has 0 saturated carbocycles. The lowest BCUT2D eigenvalue weighted by atomic mass is 9.95. The van der Waals surface area contributed by atoms with E-state index in [4.69, 9.17) is 32.5 Å². The van der Waals surface area contributed by atoms with Crippen molar-refractivity contribution in [2.24, 2.45) is 5.10 Å². The molecule has 0 amide bonds. The van der Waals surface area contributed by atoms with Gasteiger partial charge >= 0.3 is 0 Å². The molecule has 0 bridgehead atoms. The highest BCUT2D eigenvalue weighted by atomic mass is 79.9. The molecule has 0 aliphatic rings. The van der Waals surface area contributed by atoms with Gasteiger partial charge in [-0.25, -0.2) is 4.98 Å². The number of hydrogen-bond acceptors (Lipinski definition) is 5. The Morgan fingerprint density at radius 1 is 1.27 bits per heavy atom. The van der Waals surface area contributed by atoms with Gasteiger partial charge in [-0.3, -0.25) is 4.79 Å². The SMILES string of the molecule is C#CCOc1c(OCC)cc(C=Nn2c(C(C)(C)C)nc3ccc(Br)cc3c2=O)c(Br)c1Cl. The van der Waals surface area contributed by atoms with E-state index >= 15 is 0 Å². The zero-order valence-electron chi connectivity index (χ0n) is 18.6. The summed E-state index contributed by atoms with van der Waals surface area (Å²) >= 11 is 13.4. The first-order valence-electron chi connectivity index (χ1n) is 10.1. The number of aromatic nitrogens is 2. The van der Waals surface area contributed by atoms with Crippen molar-refractivity contribution in [2.75, 3.05) is 13.2 Å². The Labute approximate surface area is 214 Å². The third kappa shape index (κ3) is 5.43. The number of halogens is 3. The molecule has 0 N–H and O–H groups in total. The largest absolute Gasteiger partial charge is 0.490 e. The molecule has 172 valence electrons. The minimum absolute atomic E-state index is 0.0440. The van der Waals surface area contributed by atoms with Crippen LogP contribution in [0.25, 0.3) is 10.9 Å². The third-order valence-corrected chi connectivity index (χ3v) is 6.48. The molecule has 2 aromatic carbocycles. The van der Waals surface area contributed by atoms with Crippen LogP contribution in [0.1, 0.15) is 39.1 Å². The van der Waals surface area contributed by atoms with Crippen LogP contribution in [-0.2, 0) is 5.41 Å². The highest BCUT2D eigenvalue weighted by Gasteiger charge is 2.23. The lowest BCUT2D eigenvalue weighted by molar-refractivity contribution is 0.299. The van der Waals surface area contributed by atoms with Crippen molar-refractivity contribution >= 4 is 60.6 Å². The number of benzene rings is 2. The summed E-state index contributed by atoms with van der Waals surface area (Å²) in [6, 6.07) is 7.12. The van der Waals surface area contributed by atoms with E-state index in [1.165, 1.54) is 10.9 Å². The van der Waals surface area contributed by atoms with Crippen LogP contribution in [0.15, 0.2) is 43.1 Å². The van der Waals surface area contributed by atoms with Crippen molar-refractivity contribution in [3.8, 4) is 23.8 Å². The Bertz CT molecular complexity index is 1340. The molecule has 1 aromatic heterocycles. The maximum absolute atomic E-state index is 13.4. The molecule has 33 heavy (non-hydrogen) atoms. The monoisotopic (exact) mass is 593 g/mol. The molecule has 0 aliphatic carbocycles. The van der Waals surface area contributed by atoms with Gasteiger partial charge in [0.05, 0.1) is 23.7 Å². The lowest BCUT2D eigenvalue weighted by Crippen LogP contribution is -2.29. The van der Waals surface area contributed by atoms with E-state index in [0.29, 0.717) is 49.9 Å². The first kappa shape index (κ1) is 25.3. The first-order valence-corrected chi connectivity index (χ1v) is 12.0. The fourth-order valence-corrected chi connectivity index (χ4v) is 4.09. The van der Waals surface area contributed by atoms with Gasteiger partial charge in [-0.2, -0.15) is 9.78 Å². The minimum Gasteiger partial charge on any atom is -0.490 e. The molecule has 0 unspecified atom stereocenters. The molecule has 6 nitrogen and oxygen atoms in total. The summed E-state index contributed by atoms with van der Waals surface area (Å²) in [5, 5.41) is 5.25. The van der Waals surface area contributed by atoms with Gasteiger partial charge in [0.15, 0.2) is 11.5 Å². The molecule has 3 rings (SSSR count). The third-order valence-electron chi connectivity index (χ3n) is 4.55. The van der Waals surface area contributed by atoms with Crippen molar-refractivity contribution in [2.45, 2.75) is 33.1 Å². The smallest absolute Gasteiger partial charge is 0.282 e. The van der Waals surface area contributed by atoms with Gasteiger partial charge in [-0.15, -0.1) is 6.42 Å². The van der Waals surface area contributed by atoms with E-state index < -0.39 is 5.41 Å². The molecule has 3 aromatic rings. The van der Waals surface area contributed by atoms with Crippen LogP contribution in [0.2, 0.25) is 5.02 Å². The van der Waals surface area contributed by atoms with Crippen LogP contribution in [0.3, 0.4) is 0 Å². The molecule has 1 heterocycles. The number of nitrogens with zero attached hydrogens (tertiary/aromatic N) is 3. The van der Waals surface area contributed by atoms with Crippen LogP contribution < -0.4 is 15.0 Å². The predicted octanol–water partition coefficient (Wildman–Crippen LogP) is 6.17. The predicted molar refractivity (Wildman–Crippen MR) is 140 cm³/mol. The van der Waals surface area contributed by atoms with E-state index in [1.54, 1.807) is 12.1 Å². The summed E-state index contributed by atoms with van der Waals surface area (Å²) in [6.45, 7) is 8.22. The number of ether oxygens (including phenoxy) is 2. The van der Waals surface area contributed by atoms with Crippen molar-refractivity contribution in [3.05, 3.63) is 60.0 Å². The first-order chi connectivity index (χ1) is 15.6. The van der Waals surface area contributed by atoms with Crippen LogP contribution >= 0.6 is 43.5 Å². The average molecular weight is 596 g/mol. The second-order valence-corrected chi connectivity index (χ2v) is 10.1. The van der Waals surface area contributed by atoms with E-state index in [-0.39, 0.29) is 12.2 Å². The average Bonchev–Trinajstić information content (AvgIpc) is 2.75. The van der Waals surface area contributed by atoms with Gasteiger partial charge in [0.25, 0.3) is 5.56 Å². The summed E-state index contributed by atoms with van der Waals surface area (Å²) in [5.41, 5.74) is 0.495. The number of hydrogen-bond donors (Lipinski definition) is 0. The van der Waals surface area contributed by atoms with Gasteiger partial charge in [-0.1, -0.05) is 54.2 Å². The summed E-state index contributed by atoms with van der Waals surface area (Å²) in [4.78, 5) is 18.1. The van der Waals surface area contributed by atoms with E-state index in [1.807, 2.05) is 39.8 Å². The van der Waals surface area contributed by atoms with Crippen LogP contribution in [-0.4, -0.2) is 29.1 Å². The lowest BCUT2D eigenvalue weighted by Gasteiger charge is -2.21. The molecule has 0 spiro atoms. The Balaban J connectivity index is 2.20. The standard InChI is InChI=1S/C24H22Br2ClN3O3/c1-6-10-33-21-18(32-7-2)11-14(19(26)20(21)27)13-28-30-22(31)16-12-15(25)8-9-17(16)29-23(30)24(3,4)5/h1,8-9,11-13H,7,10H2,2-5H3. The minimum atomic E-state index is -0.434. The van der Waals surface area contributed by atoms with Crippen LogP contribution in [0, 0.1) is 12.3 Å². The molecule has 0 radical (unpaired) electrons. The molecular weight excluding hydrogens is 574 g/mol. The maximum atomic E-state index is 13.4. The van der Waals surface area contributed by atoms with Crippen LogP contribution in [0.5, 0.6) is 11.5 Å². The molecule has 0 fully saturated rings. The second kappa shape index (κ2) is 10.3. The Hall–Kier alpha value is -2.34. The Morgan fingerprint density at radius 2 is 2.00 bits per heavy atom. The molecular formula is C24H22Br2ClN3O3. The summed E-state index contributed by atoms with van der Waals surface area (Å²) in [7, 11) is 0. The van der Waals surface area contributed by atoms with Crippen molar-refractivity contribution in [1.82, 2.24) is 9.66 Å². The van der Waals surface area contributed by atoms with Gasteiger partial charge < -0.3 is 9.47 Å². The molecule has 0 saturated heterocycles. The molecule has 0 aliphatic heterocycles. The zero-order valence-corrected chi connectivity index (χ0v) is 22.5. The van der Waals surface area contributed by atoms with Gasteiger partial charge in [0, 0.05) is 19.9 Å². The molecule has 0 atom stereocenters. The number of terminal acetylenes is 1. The summed E-state index contributed by atoms with van der Waals surface area (Å²) < 4.78 is 13.9. The second-order valence-electron chi connectivity index (χ2n) is 8.06. The highest BCUT2D eigenvalue weighted by Crippen LogP contribution is 2.42. The van der Waals surface area contributed by atoms with E-state index in [0.717, 1.165) is 4.47 Å². The summed E-state index contributed by atoms with van der Waals surface area (Å²) in [5.74, 6) is 3.70. The van der Waals surface area contributed by atoms with Gasteiger partial charge in [0.1, 0.15) is 17.5 Å². The normalized spacial score (nSPS) is 11.7. The zero-order chi connectivity index (χ0) is 24.3. The molecule has 9 heteroatoms. The van der Waals surface area contributed by atoms with Crippen molar-refractivity contribution in [3.63, 3.8) is 0 Å². The van der Waals surface area contributed by atoms with Gasteiger partial charge in [-0.05, 0) is 47.1 Å². The Kier molecular flexibility index (Phi) is 7.88. The topological polar surface area (TPSA) is 65.7 Å². The van der Waals surface area contributed by atoms with Crippen LogP contribution in [0.4, 0.5) is 0 Å².